The van der Waals surface area contributed by atoms with Gasteiger partial charge in [0.1, 0.15) is 10.6 Å². The predicted molar refractivity (Wildman–Crippen MR) is 97.2 cm³/mol. The molecule has 0 spiro atoms. The molecule has 0 saturated carbocycles. The molecular weight excluding hydrogens is 322 g/mol. The molecule has 24 heavy (non-hydrogen) atoms. The lowest BCUT2D eigenvalue weighted by Gasteiger charge is -2.12. The molecule has 0 aliphatic heterocycles. The van der Waals surface area contributed by atoms with Crippen molar-refractivity contribution >= 4 is 10.0 Å². The topological polar surface area (TPSA) is 55.4 Å². The van der Waals surface area contributed by atoms with Crippen LogP contribution >= 0.6 is 0 Å². The highest BCUT2D eigenvalue weighted by Crippen LogP contribution is 2.24. The van der Waals surface area contributed by atoms with Crippen molar-refractivity contribution in [3.63, 3.8) is 0 Å². The van der Waals surface area contributed by atoms with Gasteiger partial charge in [0, 0.05) is 6.54 Å². The highest BCUT2D eigenvalue weighted by molar-refractivity contribution is 7.89. The van der Waals surface area contributed by atoms with E-state index in [1.807, 2.05) is 13.0 Å². The van der Waals surface area contributed by atoms with Gasteiger partial charge in [0.05, 0.1) is 7.11 Å². The molecule has 0 radical (unpaired) electrons. The summed E-state index contributed by atoms with van der Waals surface area (Å²) in [5, 5.41) is 0. The molecule has 0 fully saturated rings. The maximum atomic E-state index is 12.5. The summed E-state index contributed by atoms with van der Waals surface area (Å²) in [4.78, 5) is 0.181. The SMILES string of the molecule is COc1ccc(C)cc1S(=O)(=O)NCCc1ccc(C(C)C)cc1. The second-order valence-corrected chi connectivity index (χ2v) is 7.93. The fraction of sp³-hybridized carbons (Fsp3) is 0.368. The lowest BCUT2D eigenvalue weighted by Crippen LogP contribution is -2.26. The number of methoxy groups -OCH3 is 1. The van der Waals surface area contributed by atoms with Crippen molar-refractivity contribution < 1.29 is 13.2 Å². The Balaban J connectivity index is 2.04. The van der Waals surface area contributed by atoms with E-state index in [1.54, 1.807) is 12.1 Å². The molecule has 0 aliphatic rings. The summed E-state index contributed by atoms with van der Waals surface area (Å²) in [5.41, 5.74) is 3.27. The molecule has 0 amide bonds. The van der Waals surface area contributed by atoms with Crippen LogP contribution in [0.4, 0.5) is 0 Å². The molecule has 0 bridgehead atoms. The fourth-order valence-corrected chi connectivity index (χ4v) is 3.75. The van der Waals surface area contributed by atoms with E-state index in [9.17, 15) is 8.42 Å². The van der Waals surface area contributed by atoms with E-state index in [1.165, 1.54) is 12.7 Å². The van der Waals surface area contributed by atoms with Gasteiger partial charge in [-0.05, 0) is 48.1 Å². The maximum absolute atomic E-state index is 12.5. The van der Waals surface area contributed by atoms with Gasteiger partial charge in [-0.1, -0.05) is 44.2 Å². The van der Waals surface area contributed by atoms with Crippen molar-refractivity contribution in [2.75, 3.05) is 13.7 Å². The number of aryl methyl sites for hydroxylation is 1. The number of benzene rings is 2. The number of sulfonamides is 1. The first-order valence-corrected chi connectivity index (χ1v) is 9.55. The zero-order valence-corrected chi connectivity index (χ0v) is 15.5. The lowest BCUT2D eigenvalue weighted by molar-refractivity contribution is 0.402. The highest BCUT2D eigenvalue weighted by Gasteiger charge is 2.19. The Kier molecular flexibility index (Phi) is 6.02. The summed E-state index contributed by atoms with van der Waals surface area (Å²) < 4.78 is 32.8. The average molecular weight is 347 g/mol. The normalized spacial score (nSPS) is 11.7. The van der Waals surface area contributed by atoms with Crippen LogP contribution in [-0.2, 0) is 16.4 Å². The minimum Gasteiger partial charge on any atom is -0.495 e. The van der Waals surface area contributed by atoms with Crippen molar-refractivity contribution in [1.82, 2.24) is 4.72 Å². The fourth-order valence-electron chi connectivity index (χ4n) is 2.47. The zero-order chi connectivity index (χ0) is 17.7. The summed E-state index contributed by atoms with van der Waals surface area (Å²) in [5.74, 6) is 0.848. The van der Waals surface area contributed by atoms with E-state index in [4.69, 9.17) is 4.74 Å². The molecule has 0 atom stereocenters. The zero-order valence-electron chi connectivity index (χ0n) is 14.7. The standard InChI is InChI=1S/C19H25NO3S/c1-14(2)17-8-6-16(7-9-17)11-12-20-24(21,22)19-13-15(3)5-10-18(19)23-4/h5-10,13-14,20H,11-12H2,1-4H3. The third kappa shape index (κ3) is 4.58. The van der Waals surface area contributed by atoms with Crippen molar-refractivity contribution in [3.05, 3.63) is 59.2 Å². The van der Waals surface area contributed by atoms with Crippen molar-refractivity contribution in [3.8, 4) is 5.75 Å². The Bertz CT molecular complexity index is 781. The summed E-state index contributed by atoms with van der Waals surface area (Å²) in [6, 6.07) is 13.4. The van der Waals surface area contributed by atoms with Crippen LogP contribution in [0.25, 0.3) is 0 Å². The van der Waals surface area contributed by atoms with Crippen LogP contribution in [0.3, 0.4) is 0 Å². The van der Waals surface area contributed by atoms with Gasteiger partial charge in [-0.2, -0.15) is 0 Å². The minimum absolute atomic E-state index is 0.181. The predicted octanol–water partition coefficient (Wildman–Crippen LogP) is 3.65. The number of hydrogen-bond donors (Lipinski definition) is 1. The number of hydrogen-bond acceptors (Lipinski definition) is 3. The Morgan fingerprint density at radius 3 is 2.33 bits per heavy atom. The van der Waals surface area contributed by atoms with E-state index in [0.29, 0.717) is 24.6 Å². The third-order valence-corrected chi connectivity index (χ3v) is 5.44. The quantitative estimate of drug-likeness (QED) is 0.832. The van der Waals surface area contributed by atoms with Gasteiger partial charge >= 0.3 is 0 Å². The minimum atomic E-state index is -3.59. The average Bonchev–Trinajstić information content (AvgIpc) is 2.55. The largest absolute Gasteiger partial charge is 0.495 e. The van der Waals surface area contributed by atoms with E-state index >= 15 is 0 Å². The van der Waals surface area contributed by atoms with Gasteiger partial charge in [0.25, 0.3) is 0 Å². The molecule has 4 nitrogen and oxygen atoms in total. The van der Waals surface area contributed by atoms with E-state index in [2.05, 4.69) is 42.8 Å². The van der Waals surface area contributed by atoms with Gasteiger partial charge in [0.2, 0.25) is 10.0 Å². The molecule has 0 saturated heterocycles. The van der Waals surface area contributed by atoms with Crippen LogP contribution < -0.4 is 9.46 Å². The van der Waals surface area contributed by atoms with E-state index in [0.717, 1.165) is 11.1 Å². The Hall–Kier alpha value is -1.85. The molecule has 1 N–H and O–H groups in total. The Labute approximate surface area is 144 Å². The molecule has 0 unspecified atom stereocenters. The first kappa shape index (κ1) is 18.5. The molecule has 5 heteroatoms. The molecule has 0 aliphatic carbocycles. The van der Waals surface area contributed by atoms with Gasteiger partial charge in [-0.15, -0.1) is 0 Å². The Morgan fingerprint density at radius 1 is 1.08 bits per heavy atom. The first-order chi connectivity index (χ1) is 11.3. The summed E-state index contributed by atoms with van der Waals surface area (Å²) >= 11 is 0. The molecule has 2 rings (SSSR count). The summed E-state index contributed by atoms with van der Waals surface area (Å²) in [6.07, 6.45) is 0.645. The van der Waals surface area contributed by atoms with Gasteiger partial charge < -0.3 is 4.74 Å². The Morgan fingerprint density at radius 2 is 1.75 bits per heavy atom. The molecule has 0 aromatic heterocycles. The van der Waals surface area contributed by atoms with Crippen LogP contribution in [0.1, 0.15) is 36.5 Å². The van der Waals surface area contributed by atoms with Crippen LogP contribution in [0.15, 0.2) is 47.4 Å². The maximum Gasteiger partial charge on any atom is 0.244 e. The second kappa shape index (κ2) is 7.81. The molecule has 0 heterocycles. The molecule has 2 aromatic carbocycles. The van der Waals surface area contributed by atoms with Crippen LogP contribution in [0.2, 0.25) is 0 Å². The number of rotatable bonds is 7. The van der Waals surface area contributed by atoms with Gasteiger partial charge in [0.15, 0.2) is 0 Å². The lowest BCUT2D eigenvalue weighted by atomic mass is 10.0. The molecule has 2 aromatic rings. The second-order valence-electron chi connectivity index (χ2n) is 6.20. The van der Waals surface area contributed by atoms with Crippen LogP contribution in [-0.4, -0.2) is 22.1 Å². The molecule has 130 valence electrons. The number of ether oxygens (including phenoxy) is 1. The van der Waals surface area contributed by atoms with Gasteiger partial charge in [-0.3, -0.25) is 0 Å². The van der Waals surface area contributed by atoms with Crippen molar-refractivity contribution in [2.45, 2.75) is 38.0 Å². The third-order valence-electron chi connectivity index (χ3n) is 3.96. The summed E-state index contributed by atoms with van der Waals surface area (Å²) in [6.45, 7) is 6.51. The van der Waals surface area contributed by atoms with Crippen molar-refractivity contribution in [2.24, 2.45) is 0 Å². The molecular formula is C19H25NO3S. The first-order valence-electron chi connectivity index (χ1n) is 8.06. The van der Waals surface area contributed by atoms with E-state index in [-0.39, 0.29) is 4.90 Å². The van der Waals surface area contributed by atoms with Crippen LogP contribution in [0, 0.1) is 6.92 Å². The van der Waals surface area contributed by atoms with E-state index < -0.39 is 10.0 Å². The highest BCUT2D eigenvalue weighted by atomic mass is 32.2. The summed E-state index contributed by atoms with van der Waals surface area (Å²) in [7, 11) is -2.12. The number of nitrogens with one attached hydrogen (secondary N) is 1. The van der Waals surface area contributed by atoms with Gasteiger partial charge in [-0.25, -0.2) is 13.1 Å². The monoisotopic (exact) mass is 347 g/mol. The van der Waals surface area contributed by atoms with Crippen LogP contribution in [0.5, 0.6) is 5.75 Å². The smallest absolute Gasteiger partial charge is 0.244 e. The van der Waals surface area contributed by atoms with Crippen molar-refractivity contribution in [1.29, 1.82) is 0 Å².